The zero-order chi connectivity index (χ0) is 25.5. The van der Waals surface area contributed by atoms with E-state index in [1.54, 1.807) is 0 Å². The summed E-state index contributed by atoms with van der Waals surface area (Å²) in [7, 11) is -3.46. The van der Waals surface area contributed by atoms with Gasteiger partial charge >= 0.3 is 6.36 Å². The van der Waals surface area contributed by atoms with Gasteiger partial charge < -0.3 is 14.8 Å². The molecule has 0 bridgehead atoms. The maximum Gasteiger partial charge on any atom is 0.573 e. The predicted octanol–water partition coefficient (Wildman–Crippen LogP) is 5.28. The number of alkyl halides is 3. The Labute approximate surface area is 195 Å². The van der Waals surface area contributed by atoms with Crippen LogP contribution in [0.15, 0.2) is 59.5 Å². The normalized spacial score (nSPS) is 13.2. The molecule has 0 saturated heterocycles. The van der Waals surface area contributed by atoms with Crippen LogP contribution in [0.4, 0.5) is 22.0 Å². The van der Waals surface area contributed by atoms with Crippen molar-refractivity contribution >= 4 is 20.9 Å². The third kappa shape index (κ3) is 4.84. The van der Waals surface area contributed by atoms with Crippen molar-refractivity contribution < 1.29 is 40.2 Å². The molecule has 3 aromatic carbocycles. The van der Waals surface area contributed by atoms with E-state index < -0.39 is 56.3 Å². The topological polar surface area (TPSA) is 92.3 Å². The second kappa shape index (κ2) is 8.93. The van der Waals surface area contributed by atoms with Crippen LogP contribution in [0.2, 0.25) is 0 Å². The predicted molar refractivity (Wildman–Crippen MR) is 116 cm³/mol. The van der Waals surface area contributed by atoms with Gasteiger partial charge in [-0.05, 0) is 23.8 Å². The third-order valence-corrected chi connectivity index (χ3v) is 7.01. The van der Waals surface area contributed by atoms with Gasteiger partial charge in [-0.15, -0.1) is 13.2 Å². The molecule has 0 aliphatic rings. The van der Waals surface area contributed by atoms with Crippen molar-refractivity contribution in [1.82, 2.24) is 9.97 Å². The monoisotopic (exact) mass is 512 g/mol. The van der Waals surface area contributed by atoms with E-state index in [-0.39, 0.29) is 27.6 Å². The Hall–Kier alpha value is -3.51. The molecule has 0 spiro atoms. The maximum atomic E-state index is 15.3. The van der Waals surface area contributed by atoms with E-state index in [1.807, 2.05) is 0 Å². The summed E-state index contributed by atoms with van der Waals surface area (Å²) in [5.41, 5.74) is -1.58. The molecule has 12 heteroatoms. The van der Waals surface area contributed by atoms with Crippen molar-refractivity contribution in [3.63, 3.8) is 0 Å². The molecule has 1 unspecified atom stereocenters. The lowest BCUT2D eigenvalue weighted by Crippen LogP contribution is -2.17. The number of rotatable bonds is 6. The minimum Gasteiger partial charge on any atom is -0.405 e. The number of hydrogen-bond acceptors (Lipinski definition) is 5. The van der Waals surface area contributed by atoms with E-state index in [9.17, 15) is 31.1 Å². The van der Waals surface area contributed by atoms with Gasteiger partial charge in [-0.2, -0.15) is 0 Å². The lowest BCUT2D eigenvalue weighted by atomic mass is 10.0. The van der Waals surface area contributed by atoms with Crippen molar-refractivity contribution in [2.24, 2.45) is 0 Å². The number of aliphatic hydroxyl groups excluding tert-OH is 1. The van der Waals surface area contributed by atoms with Crippen molar-refractivity contribution in [3.8, 4) is 16.9 Å². The molecule has 0 fully saturated rings. The van der Waals surface area contributed by atoms with Crippen LogP contribution in [-0.2, 0) is 9.84 Å². The summed E-state index contributed by atoms with van der Waals surface area (Å²) < 4.78 is 96.3. The first kappa shape index (κ1) is 24.6. The third-order valence-electron chi connectivity index (χ3n) is 5.26. The number of fused-ring (bicyclic) bond motifs is 1. The van der Waals surface area contributed by atoms with Gasteiger partial charge in [-0.25, -0.2) is 22.2 Å². The number of ether oxygens (including phenoxy) is 1. The minimum absolute atomic E-state index is 0.0538. The number of aliphatic hydroxyl groups is 1. The Morgan fingerprint density at radius 1 is 1.09 bits per heavy atom. The van der Waals surface area contributed by atoms with Gasteiger partial charge in [0.25, 0.3) is 0 Å². The fraction of sp³-hybridized carbons (Fsp3) is 0.174. The van der Waals surface area contributed by atoms with Gasteiger partial charge in [0.15, 0.2) is 15.7 Å². The number of H-pyrrole nitrogens is 1. The van der Waals surface area contributed by atoms with Crippen LogP contribution in [0.5, 0.6) is 5.75 Å². The molecule has 0 radical (unpaired) electrons. The molecule has 35 heavy (non-hydrogen) atoms. The molecule has 4 aromatic rings. The smallest absolute Gasteiger partial charge is 0.405 e. The summed E-state index contributed by atoms with van der Waals surface area (Å²) in [6.07, 6.45) is -6.53. The Morgan fingerprint density at radius 3 is 2.37 bits per heavy atom. The fourth-order valence-corrected chi connectivity index (χ4v) is 4.43. The Kier molecular flexibility index (Phi) is 6.28. The van der Waals surface area contributed by atoms with Crippen LogP contribution in [0, 0.1) is 11.6 Å². The Morgan fingerprint density at radius 2 is 1.74 bits per heavy atom. The molecule has 1 heterocycles. The van der Waals surface area contributed by atoms with Crippen LogP contribution >= 0.6 is 0 Å². The zero-order valence-corrected chi connectivity index (χ0v) is 18.7. The van der Waals surface area contributed by atoms with E-state index in [2.05, 4.69) is 14.7 Å². The molecule has 0 amide bonds. The average molecular weight is 512 g/mol. The number of benzene rings is 3. The molecular formula is C23H17F5N2O4S. The molecule has 6 nitrogen and oxygen atoms in total. The largest absolute Gasteiger partial charge is 0.573 e. The van der Waals surface area contributed by atoms with Gasteiger partial charge in [0.1, 0.15) is 29.0 Å². The molecule has 1 atom stereocenters. The highest BCUT2D eigenvalue weighted by Crippen LogP contribution is 2.39. The quantitative estimate of drug-likeness (QED) is 0.343. The molecule has 0 saturated carbocycles. The molecule has 0 aliphatic carbocycles. The fourth-order valence-electron chi connectivity index (χ4n) is 3.54. The highest BCUT2D eigenvalue weighted by atomic mass is 32.2. The molecule has 0 aliphatic heterocycles. The lowest BCUT2D eigenvalue weighted by Gasteiger charge is -2.14. The summed E-state index contributed by atoms with van der Waals surface area (Å²) in [5, 5.41) is 10.7. The van der Waals surface area contributed by atoms with Gasteiger partial charge in [-0.1, -0.05) is 37.3 Å². The van der Waals surface area contributed by atoms with E-state index in [0.29, 0.717) is 0 Å². The van der Waals surface area contributed by atoms with Crippen LogP contribution in [0.3, 0.4) is 0 Å². The molecule has 4 rings (SSSR count). The number of sulfone groups is 1. The maximum absolute atomic E-state index is 15.3. The summed E-state index contributed by atoms with van der Waals surface area (Å²) in [4.78, 5) is 6.63. The first-order chi connectivity index (χ1) is 16.4. The van der Waals surface area contributed by atoms with Crippen LogP contribution in [0.25, 0.3) is 22.2 Å². The summed E-state index contributed by atoms with van der Waals surface area (Å²) in [6, 6.07) is 10.7. The van der Waals surface area contributed by atoms with E-state index in [0.717, 1.165) is 18.2 Å². The molecule has 2 N–H and O–H groups in total. The molecule has 184 valence electrons. The number of para-hydroxylation sites is 1. The van der Waals surface area contributed by atoms with Gasteiger partial charge in [0.2, 0.25) is 0 Å². The number of nitrogens with zero attached hydrogens (tertiary/aromatic N) is 1. The minimum atomic E-state index is -5.08. The summed E-state index contributed by atoms with van der Waals surface area (Å²) in [5.74, 6) is -3.51. The van der Waals surface area contributed by atoms with Crippen molar-refractivity contribution in [1.29, 1.82) is 0 Å². The number of hydrogen-bond donors (Lipinski definition) is 2. The van der Waals surface area contributed by atoms with Crippen molar-refractivity contribution in [2.45, 2.75) is 24.3 Å². The molecular weight excluding hydrogens is 495 g/mol. The van der Waals surface area contributed by atoms with Crippen molar-refractivity contribution in [2.75, 3.05) is 5.75 Å². The van der Waals surface area contributed by atoms with Crippen LogP contribution < -0.4 is 4.74 Å². The standard InChI is InChI=1S/C23H17F5N2O4S/c1-2-35(32,33)13-9-7-12(8-10-13)21(31)22-29-16-11-15(24)18(19(25)20(16)30-22)14-5-3-4-6-17(14)34-23(26,27)28/h3-11,21,31H,2H2,1H3,(H,29,30). The first-order valence-corrected chi connectivity index (χ1v) is 11.8. The van der Waals surface area contributed by atoms with E-state index in [4.69, 9.17) is 0 Å². The number of nitrogens with one attached hydrogen (secondary N) is 1. The SMILES string of the molecule is CCS(=O)(=O)c1ccc(C(O)c2nc3c(F)c(-c4ccccc4OC(F)(F)F)c(F)cc3[nH]2)cc1. The second-order valence-electron chi connectivity index (χ2n) is 7.48. The van der Waals surface area contributed by atoms with Crippen molar-refractivity contribution in [3.05, 3.63) is 77.6 Å². The van der Waals surface area contributed by atoms with Crippen LogP contribution in [0.1, 0.15) is 24.4 Å². The number of halogens is 5. The second-order valence-corrected chi connectivity index (χ2v) is 9.76. The Bertz CT molecular complexity index is 1500. The summed E-state index contributed by atoms with van der Waals surface area (Å²) in [6.45, 7) is 1.49. The van der Waals surface area contributed by atoms with Gasteiger partial charge in [-0.3, -0.25) is 0 Å². The van der Waals surface area contributed by atoms with E-state index >= 15 is 4.39 Å². The van der Waals surface area contributed by atoms with Crippen LogP contribution in [-0.4, -0.2) is 35.6 Å². The number of imidazole rings is 1. The summed E-state index contributed by atoms with van der Waals surface area (Å²) >= 11 is 0. The van der Waals surface area contributed by atoms with E-state index in [1.165, 1.54) is 43.3 Å². The molecule has 1 aromatic heterocycles. The number of aromatic amines is 1. The van der Waals surface area contributed by atoms with Gasteiger partial charge in [0.05, 0.1) is 21.7 Å². The Balaban J connectivity index is 1.76. The zero-order valence-electron chi connectivity index (χ0n) is 17.9. The lowest BCUT2D eigenvalue weighted by molar-refractivity contribution is -0.274. The number of aromatic nitrogens is 2. The highest BCUT2D eigenvalue weighted by molar-refractivity contribution is 7.91. The highest BCUT2D eigenvalue weighted by Gasteiger charge is 2.33. The average Bonchev–Trinajstić information content (AvgIpc) is 3.23. The van der Waals surface area contributed by atoms with Gasteiger partial charge in [0, 0.05) is 11.6 Å². The first-order valence-electron chi connectivity index (χ1n) is 10.1.